The van der Waals surface area contributed by atoms with Gasteiger partial charge in [-0.3, -0.25) is 0 Å². The van der Waals surface area contributed by atoms with E-state index in [4.69, 9.17) is 9.72 Å². The van der Waals surface area contributed by atoms with E-state index in [1.165, 1.54) is 0 Å². The van der Waals surface area contributed by atoms with E-state index in [2.05, 4.69) is 5.32 Å². The first-order chi connectivity index (χ1) is 13.7. The zero-order valence-corrected chi connectivity index (χ0v) is 15.9. The van der Waals surface area contributed by atoms with Crippen molar-refractivity contribution in [3.05, 3.63) is 90.3 Å². The Balaban J connectivity index is 1.77. The van der Waals surface area contributed by atoms with Gasteiger partial charge in [-0.2, -0.15) is 0 Å². The minimum absolute atomic E-state index is 0.423. The predicted molar refractivity (Wildman–Crippen MR) is 111 cm³/mol. The van der Waals surface area contributed by atoms with E-state index >= 15 is 0 Å². The lowest BCUT2D eigenvalue weighted by Gasteiger charge is -2.25. The van der Waals surface area contributed by atoms with Crippen LogP contribution in [0.3, 0.4) is 0 Å². The molecule has 142 valence electrons. The molecule has 1 aromatic heterocycles. The highest BCUT2D eigenvalue weighted by Crippen LogP contribution is 2.33. The van der Waals surface area contributed by atoms with Crippen LogP contribution < -0.4 is 10.1 Å². The van der Waals surface area contributed by atoms with Crippen molar-refractivity contribution in [2.75, 3.05) is 12.4 Å². The molecule has 0 fully saturated rings. The highest BCUT2D eigenvalue weighted by atomic mass is 16.5. The summed E-state index contributed by atoms with van der Waals surface area (Å²) in [6.45, 7) is 0. The normalized spacial score (nSPS) is 13.2. The molecule has 0 spiro atoms. The maximum atomic E-state index is 11.3. The number of benzene rings is 3. The van der Waals surface area contributed by atoms with E-state index in [9.17, 15) is 5.11 Å². The third kappa shape index (κ3) is 3.44. The minimum Gasteiger partial charge on any atom is -0.497 e. The topological polar surface area (TPSA) is 59.3 Å². The maximum Gasteiger partial charge on any atom is 0.135 e. The molecule has 3 aromatic carbocycles. The zero-order chi connectivity index (χ0) is 19.5. The van der Waals surface area contributed by atoms with Gasteiger partial charge < -0.3 is 19.7 Å². The number of hydrogen-bond acceptors (Lipinski definition) is 4. The number of para-hydroxylation sites is 3. The van der Waals surface area contributed by atoms with Crippen LogP contribution in [0, 0.1) is 0 Å². The lowest BCUT2D eigenvalue weighted by Crippen LogP contribution is -2.22. The molecule has 0 aliphatic rings. The Hall–Kier alpha value is -3.31. The SMILES string of the molecule is COc1ccc([C@H](O)[C@@H](Nc2ccccc2)c2nc3ccccc3n2C)cc1. The van der Waals surface area contributed by atoms with Crippen LogP contribution in [0.4, 0.5) is 5.69 Å². The standard InChI is InChI=1S/C23H23N3O2/c1-26-20-11-7-6-10-19(20)25-23(26)21(24-17-8-4-3-5-9-17)22(27)16-12-14-18(28-2)15-13-16/h3-15,21-22,24,27H,1-2H3/t21-,22+/m1/s1. The van der Waals surface area contributed by atoms with Crippen molar-refractivity contribution in [2.24, 2.45) is 7.05 Å². The molecule has 0 aliphatic heterocycles. The second-order valence-corrected chi connectivity index (χ2v) is 6.72. The van der Waals surface area contributed by atoms with E-state index in [0.717, 1.165) is 33.9 Å². The van der Waals surface area contributed by atoms with Crippen molar-refractivity contribution in [1.29, 1.82) is 0 Å². The molecule has 5 nitrogen and oxygen atoms in total. The van der Waals surface area contributed by atoms with Gasteiger partial charge in [0.15, 0.2) is 0 Å². The summed E-state index contributed by atoms with van der Waals surface area (Å²) < 4.78 is 7.27. The summed E-state index contributed by atoms with van der Waals surface area (Å²) >= 11 is 0. The van der Waals surface area contributed by atoms with Crippen molar-refractivity contribution in [3.8, 4) is 5.75 Å². The van der Waals surface area contributed by atoms with Crippen LogP contribution in [0.15, 0.2) is 78.9 Å². The Morgan fingerprint density at radius 1 is 0.929 bits per heavy atom. The molecule has 28 heavy (non-hydrogen) atoms. The molecule has 2 atom stereocenters. The molecule has 0 saturated heterocycles. The number of nitrogens with zero attached hydrogens (tertiary/aromatic N) is 2. The number of rotatable bonds is 6. The van der Waals surface area contributed by atoms with E-state index in [0.29, 0.717) is 0 Å². The van der Waals surface area contributed by atoms with Crippen LogP contribution in [-0.2, 0) is 7.05 Å². The molecular formula is C23H23N3O2. The lowest BCUT2D eigenvalue weighted by molar-refractivity contribution is 0.150. The molecule has 0 amide bonds. The van der Waals surface area contributed by atoms with Gasteiger partial charge in [-0.25, -0.2) is 4.98 Å². The van der Waals surface area contributed by atoms with Crippen LogP contribution in [0.1, 0.15) is 23.5 Å². The second kappa shape index (κ2) is 7.74. The number of methoxy groups -OCH3 is 1. The molecule has 1 heterocycles. The largest absolute Gasteiger partial charge is 0.497 e. The third-order valence-corrected chi connectivity index (χ3v) is 4.97. The molecule has 0 aliphatic carbocycles. The number of aliphatic hydroxyl groups is 1. The summed E-state index contributed by atoms with van der Waals surface area (Å²) in [4.78, 5) is 4.80. The number of aliphatic hydroxyl groups excluding tert-OH is 1. The van der Waals surface area contributed by atoms with Crippen molar-refractivity contribution in [2.45, 2.75) is 12.1 Å². The van der Waals surface area contributed by atoms with Gasteiger partial charge in [0.05, 0.1) is 18.1 Å². The average Bonchev–Trinajstić information content (AvgIpc) is 3.09. The molecule has 5 heteroatoms. The number of imidazole rings is 1. The van der Waals surface area contributed by atoms with Gasteiger partial charge in [-0.15, -0.1) is 0 Å². The van der Waals surface area contributed by atoms with E-state index in [1.807, 2.05) is 90.5 Å². The number of fused-ring (bicyclic) bond motifs is 1. The first-order valence-electron chi connectivity index (χ1n) is 9.22. The van der Waals surface area contributed by atoms with Crippen molar-refractivity contribution < 1.29 is 9.84 Å². The van der Waals surface area contributed by atoms with Crippen molar-refractivity contribution in [1.82, 2.24) is 9.55 Å². The summed E-state index contributed by atoms with van der Waals surface area (Å²) in [5, 5.41) is 14.7. The highest BCUT2D eigenvalue weighted by Gasteiger charge is 2.27. The second-order valence-electron chi connectivity index (χ2n) is 6.72. The Bertz CT molecular complexity index is 1060. The molecule has 4 rings (SSSR count). The first-order valence-corrected chi connectivity index (χ1v) is 9.22. The Morgan fingerprint density at radius 2 is 1.61 bits per heavy atom. The van der Waals surface area contributed by atoms with E-state index < -0.39 is 12.1 Å². The van der Waals surface area contributed by atoms with Gasteiger partial charge in [0.1, 0.15) is 23.7 Å². The number of aryl methyl sites for hydroxylation is 1. The molecular weight excluding hydrogens is 350 g/mol. The number of anilines is 1. The molecule has 4 aromatic rings. The molecule has 0 radical (unpaired) electrons. The maximum absolute atomic E-state index is 11.3. The van der Waals surface area contributed by atoms with Gasteiger partial charge >= 0.3 is 0 Å². The molecule has 0 saturated carbocycles. The summed E-state index contributed by atoms with van der Waals surface area (Å²) in [5.41, 5.74) is 3.65. The fourth-order valence-electron chi connectivity index (χ4n) is 3.43. The third-order valence-electron chi connectivity index (χ3n) is 4.97. The fourth-order valence-corrected chi connectivity index (χ4v) is 3.43. The summed E-state index contributed by atoms with van der Waals surface area (Å²) in [5.74, 6) is 1.53. The quantitative estimate of drug-likeness (QED) is 0.524. The van der Waals surface area contributed by atoms with Gasteiger partial charge in [0.2, 0.25) is 0 Å². The predicted octanol–water partition coefficient (Wildman–Crippen LogP) is 4.47. The summed E-state index contributed by atoms with van der Waals surface area (Å²) in [6.07, 6.45) is -0.790. The van der Waals surface area contributed by atoms with Crippen LogP contribution in [-0.4, -0.2) is 21.8 Å². The monoisotopic (exact) mass is 373 g/mol. The van der Waals surface area contributed by atoms with Crippen molar-refractivity contribution >= 4 is 16.7 Å². The van der Waals surface area contributed by atoms with Gasteiger partial charge in [0.25, 0.3) is 0 Å². The number of nitrogens with one attached hydrogen (secondary N) is 1. The van der Waals surface area contributed by atoms with E-state index in [-0.39, 0.29) is 0 Å². The average molecular weight is 373 g/mol. The number of ether oxygens (including phenoxy) is 1. The molecule has 2 N–H and O–H groups in total. The smallest absolute Gasteiger partial charge is 0.135 e. The first kappa shape index (κ1) is 18.1. The lowest BCUT2D eigenvalue weighted by atomic mass is 10.0. The fraction of sp³-hybridized carbons (Fsp3) is 0.174. The summed E-state index contributed by atoms with van der Waals surface area (Å²) in [6, 6.07) is 24.9. The van der Waals surface area contributed by atoms with Gasteiger partial charge in [0, 0.05) is 12.7 Å². The number of hydrogen-bond donors (Lipinski definition) is 2. The Labute approximate surface area is 164 Å². The van der Waals surface area contributed by atoms with Crippen LogP contribution in [0.2, 0.25) is 0 Å². The molecule has 0 unspecified atom stereocenters. The number of aromatic nitrogens is 2. The van der Waals surface area contributed by atoms with Crippen LogP contribution in [0.25, 0.3) is 11.0 Å². The molecule has 0 bridgehead atoms. The van der Waals surface area contributed by atoms with Crippen molar-refractivity contribution in [3.63, 3.8) is 0 Å². The van der Waals surface area contributed by atoms with Gasteiger partial charge in [-0.05, 0) is 42.0 Å². The van der Waals surface area contributed by atoms with Gasteiger partial charge in [-0.1, -0.05) is 42.5 Å². The summed E-state index contributed by atoms with van der Waals surface area (Å²) in [7, 11) is 3.61. The Morgan fingerprint density at radius 3 is 2.29 bits per heavy atom. The highest BCUT2D eigenvalue weighted by molar-refractivity contribution is 5.76. The Kier molecular flexibility index (Phi) is 5.00. The van der Waals surface area contributed by atoms with Crippen LogP contribution in [0.5, 0.6) is 5.75 Å². The van der Waals surface area contributed by atoms with Crippen LogP contribution >= 0.6 is 0 Å². The zero-order valence-electron chi connectivity index (χ0n) is 15.9. The minimum atomic E-state index is -0.790. The van der Waals surface area contributed by atoms with E-state index in [1.54, 1.807) is 7.11 Å².